The van der Waals surface area contributed by atoms with Crippen molar-refractivity contribution in [1.29, 1.82) is 0 Å². The minimum absolute atomic E-state index is 0.0450. The summed E-state index contributed by atoms with van der Waals surface area (Å²) in [6, 6.07) is 13.6. The lowest BCUT2D eigenvalue weighted by molar-refractivity contribution is -0.117. The van der Waals surface area contributed by atoms with Crippen LogP contribution in [0.2, 0.25) is 0 Å². The second-order valence-corrected chi connectivity index (χ2v) is 10.4. The van der Waals surface area contributed by atoms with Crippen molar-refractivity contribution in [3.05, 3.63) is 79.0 Å². The molecule has 38 heavy (non-hydrogen) atoms. The third-order valence-corrected chi connectivity index (χ3v) is 7.54. The monoisotopic (exact) mass is 527 g/mol. The third kappa shape index (κ3) is 5.09. The first-order valence-electron chi connectivity index (χ1n) is 11.9. The Morgan fingerprint density at radius 1 is 1.05 bits per heavy atom. The first-order chi connectivity index (χ1) is 18.4. The molecule has 3 N–H and O–H groups in total. The van der Waals surface area contributed by atoms with Crippen molar-refractivity contribution in [2.24, 2.45) is 10.7 Å². The lowest BCUT2D eigenvalue weighted by Gasteiger charge is -2.16. The summed E-state index contributed by atoms with van der Waals surface area (Å²) in [5.41, 5.74) is 10.8. The zero-order valence-electron chi connectivity index (χ0n) is 20.6. The largest absolute Gasteiger partial charge is 0.404 e. The van der Waals surface area contributed by atoms with Crippen molar-refractivity contribution in [3.8, 4) is 11.1 Å². The van der Waals surface area contributed by atoms with E-state index in [0.717, 1.165) is 12.0 Å². The average molecular weight is 528 g/mol. The third-order valence-electron chi connectivity index (χ3n) is 6.14. The van der Waals surface area contributed by atoms with Gasteiger partial charge in [-0.15, -0.1) is 0 Å². The number of hydrogen-bond acceptors (Lipinski definition) is 8. The molecule has 2 aromatic carbocycles. The lowest BCUT2D eigenvalue weighted by Crippen LogP contribution is -2.23. The first kappa shape index (κ1) is 25.0. The molecule has 10 nitrogen and oxygen atoms in total. The summed E-state index contributed by atoms with van der Waals surface area (Å²) in [5.74, 6) is 0.0450. The predicted octanol–water partition coefficient (Wildman–Crippen LogP) is 3.62. The number of nitrogens with two attached hydrogens (primary N) is 1. The van der Waals surface area contributed by atoms with E-state index in [1.54, 1.807) is 48.8 Å². The molecule has 0 atom stereocenters. The van der Waals surface area contributed by atoms with Crippen LogP contribution in [0.5, 0.6) is 0 Å². The van der Waals surface area contributed by atoms with Crippen LogP contribution in [0.15, 0.2) is 83.2 Å². The minimum Gasteiger partial charge on any atom is -0.404 e. The van der Waals surface area contributed by atoms with Gasteiger partial charge in [0.2, 0.25) is 5.91 Å². The minimum atomic E-state index is -3.87. The number of benzene rings is 2. The molecule has 1 amide bonds. The van der Waals surface area contributed by atoms with Gasteiger partial charge in [0.25, 0.3) is 10.0 Å². The van der Waals surface area contributed by atoms with E-state index in [1.807, 2.05) is 18.2 Å². The number of pyridine rings is 1. The van der Waals surface area contributed by atoms with Crippen LogP contribution in [0.4, 0.5) is 11.4 Å². The quantitative estimate of drug-likeness (QED) is 0.349. The highest BCUT2D eigenvalue weighted by molar-refractivity contribution is 7.92. The molecule has 5 rings (SSSR count). The van der Waals surface area contributed by atoms with Crippen LogP contribution in [-0.4, -0.2) is 49.1 Å². The number of anilines is 2. The SMILES string of the molecule is CN=CC(=CN)c1cnc2ccc(-c3cncc(NS(=O)(=O)c4ccc(N5CCCC5=O)cc4)c3)cc2n1. The Morgan fingerprint density at radius 3 is 2.58 bits per heavy atom. The Labute approximate surface area is 220 Å². The number of allylic oxidation sites excluding steroid dienone is 1. The van der Waals surface area contributed by atoms with Crippen LogP contribution >= 0.6 is 0 Å². The van der Waals surface area contributed by atoms with E-state index in [1.165, 1.54) is 24.5 Å². The number of fused-ring (bicyclic) bond motifs is 1. The number of rotatable bonds is 7. The number of nitrogens with zero attached hydrogens (tertiary/aromatic N) is 5. The number of sulfonamides is 1. The molecule has 1 fully saturated rings. The lowest BCUT2D eigenvalue weighted by atomic mass is 10.1. The predicted molar refractivity (Wildman–Crippen MR) is 148 cm³/mol. The van der Waals surface area contributed by atoms with E-state index < -0.39 is 10.0 Å². The van der Waals surface area contributed by atoms with Crippen molar-refractivity contribution in [1.82, 2.24) is 15.0 Å². The molecule has 1 aliphatic rings. The molecule has 0 radical (unpaired) electrons. The highest BCUT2D eigenvalue weighted by atomic mass is 32.2. The number of aromatic nitrogens is 3. The molecule has 192 valence electrons. The van der Waals surface area contributed by atoms with Crippen LogP contribution in [0.1, 0.15) is 18.5 Å². The summed E-state index contributed by atoms with van der Waals surface area (Å²) in [7, 11) is -2.22. The Hall–Kier alpha value is -4.64. The fourth-order valence-corrected chi connectivity index (χ4v) is 5.29. The molecular formula is C27H25N7O3S. The van der Waals surface area contributed by atoms with Crippen LogP contribution in [0.25, 0.3) is 27.7 Å². The van der Waals surface area contributed by atoms with E-state index in [9.17, 15) is 13.2 Å². The Kier molecular flexibility index (Phi) is 6.84. The summed E-state index contributed by atoms with van der Waals surface area (Å²) in [5, 5.41) is 0. The molecule has 11 heteroatoms. The van der Waals surface area contributed by atoms with Crippen molar-refractivity contribution in [3.63, 3.8) is 0 Å². The molecule has 3 heterocycles. The standard InChI is InChI=1S/C27H25N7O3S/c1-29-14-20(13-28)26-17-31-24-9-4-18(12-25(24)32-26)19-11-21(16-30-15-19)33-38(36,37)23-7-5-22(6-8-23)34-10-2-3-27(34)35/h4-9,11-17,33H,2-3,10,28H2,1H3. The zero-order chi connectivity index (χ0) is 26.7. The van der Waals surface area contributed by atoms with Crippen molar-refractivity contribution < 1.29 is 13.2 Å². The molecule has 0 aliphatic carbocycles. The number of hydrogen-bond donors (Lipinski definition) is 2. The second kappa shape index (κ2) is 10.4. The van der Waals surface area contributed by atoms with Gasteiger partial charge in [-0.2, -0.15) is 0 Å². The highest BCUT2D eigenvalue weighted by Crippen LogP contribution is 2.27. The molecule has 0 bridgehead atoms. The Morgan fingerprint density at radius 2 is 1.87 bits per heavy atom. The normalized spacial score (nSPS) is 14.5. The number of nitrogens with one attached hydrogen (secondary N) is 1. The van der Waals surface area contributed by atoms with Crippen molar-refractivity contribution in [2.75, 3.05) is 23.2 Å². The zero-order valence-corrected chi connectivity index (χ0v) is 21.4. The molecule has 0 saturated carbocycles. The van der Waals surface area contributed by atoms with E-state index in [2.05, 4.69) is 24.7 Å². The Balaban J connectivity index is 1.40. The van der Waals surface area contributed by atoms with Gasteiger partial charge in [-0.25, -0.2) is 13.4 Å². The number of amides is 1. The van der Waals surface area contributed by atoms with E-state index in [4.69, 9.17) is 5.73 Å². The molecular weight excluding hydrogens is 502 g/mol. The van der Waals surface area contributed by atoms with Gasteiger partial charge in [0.1, 0.15) is 0 Å². The van der Waals surface area contributed by atoms with Gasteiger partial charge in [-0.3, -0.25) is 24.5 Å². The van der Waals surface area contributed by atoms with Crippen LogP contribution < -0.4 is 15.4 Å². The Bertz CT molecular complexity index is 1680. The van der Waals surface area contributed by atoms with E-state index in [-0.39, 0.29) is 10.8 Å². The number of carbonyl (C=O) groups excluding carboxylic acids is 1. The second-order valence-electron chi connectivity index (χ2n) is 8.68. The van der Waals surface area contributed by atoms with Crippen LogP contribution in [0.3, 0.4) is 0 Å². The number of carbonyl (C=O) groups is 1. The summed E-state index contributed by atoms with van der Waals surface area (Å²) in [4.78, 5) is 31.1. The highest BCUT2D eigenvalue weighted by Gasteiger charge is 2.22. The van der Waals surface area contributed by atoms with E-state index >= 15 is 0 Å². The average Bonchev–Trinajstić information content (AvgIpc) is 3.37. The molecule has 4 aromatic rings. The van der Waals surface area contributed by atoms with Gasteiger partial charge in [0.05, 0.1) is 39.7 Å². The van der Waals surface area contributed by atoms with Crippen LogP contribution in [-0.2, 0) is 14.8 Å². The topological polar surface area (TPSA) is 144 Å². The maximum Gasteiger partial charge on any atom is 0.261 e. The maximum atomic E-state index is 13.0. The van der Waals surface area contributed by atoms with Gasteiger partial charge in [-0.05, 0) is 54.4 Å². The fraction of sp³-hybridized carbons (Fsp3) is 0.148. The van der Waals surface area contributed by atoms with Gasteiger partial charge in [0.15, 0.2) is 0 Å². The number of aliphatic imine (C=N–C) groups is 1. The molecule has 2 aromatic heterocycles. The summed E-state index contributed by atoms with van der Waals surface area (Å²) < 4.78 is 28.7. The summed E-state index contributed by atoms with van der Waals surface area (Å²) in [6.45, 7) is 0.640. The van der Waals surface area contributed by atoms with Gasteiger partial charge in [0, 0.05) is 55.4 Å². The van der Waals surface area contributed by atoms with Gasteiger partial charge >= 0.3 is 0 Å². The smallest absolute Gasteiger partial charge is 0.261 e. The summed E-state index contributed by atoms with van der Waals surface area (Å²) in [6.07, 6.45) is 9.06. The molecule has 1 saturated heterocycles. The maximum absolute atomic E-state index is 13.0. The van der Waals surface area contributed by atoms with Gasteiger partial charge < -0.3 is 10.6 Å². The van der Waals surface area contributed by atoms with Crippen molar-refractivity contribution in [2.45, 2.75) is 17.7 Å². The molecule has 0 spiro atoms. The van der Waals surface area contributed by atoms with Crippen LogP contribution in [0, 0.1) is 0 Å². The first-order valence-corrected chi connectivity index (χ1v) is 13.4. The molecule has 0 unspecified atom stereocenters. The van der Waals surface area contributed by atoms with Crippen molar-refractivity contribution >= 4 is 50.1 Å². The van der Waals surface area contributed by atoms with E-state index in [0.29, 0.717) is 52.2 Å². The fourth-order valence-electron chi connectivity index (χ4n) is 4.26. The van der Waals surface area contributed by atoms with Gasteiger partial charge in [-0.1, -0.05) is 6.07 Å². The summed E-state index contributed by atoms with van der Waals surface area (Å²) >= 11 is 0. The molecule has 1 aliphatic heterocycles.